The lowest BCUT2D eigenvalue weighted by atomic mass is 9.91. The fraction of sp³-hybridized carbons (Fsp3) is 0.533. The molecular weight excluding hydrogens is 251 g/mol. The van der Waals surface area contributed by atoms with Crippen LogP contribution in [0.15, 0.2) is 18.2 Å². The molecule has 0 aromatic heterocycles. The lowest BCUT2D eigenvalue weighted by Gasteiger charge is -2.12. The van der Waals surface area contributed by atoms with E-state index < -0.39 is 5.82 Å². The zero-order valence-corrected chi connectivity index (χ0v) is 11.2. The van der Waals surface area contributed by atoms with Gasteiger partial charge in [-0.1, -0.05) is 43.4 Å². The fourth-order valence-electron chi connectivity index (χ4n) is 2.60. The van der Waals surface area contributed by atoms with Crippen LogP contribution in [0.25, 0.3) is 0 Å². The zero-order chi connectivity index (χ0) is 13.0. The Morgan fingerprint density at radius 1 is 1.22 bits per heavy atom. The van der Waals surface area contributed by atoms with E-state index in [1.54, 1.807) is 12.1 Å². The molecular formula is C15H18ClFO. The molecule has 1 fully saturated rings. The second-order valence-electron chi connectivity index (χ2n) is 5.08. The number of hydrogen-bond acceptors (Lipinski definition) is 1. The van der Waals surface area contributed by atoms with Gasteiger partial charge in [-0.2, -0.15) is 0 Å². The summed E-state index contributed by atoms with van der Waals surface area (Å²) in [4.78, 5) is 12.2. The smallest absolute Gasteiger partial charge is 0.141 e. The van der Waals surface area contributed by atoms with Crippen LogP contribution in [0.4, 0.5) is 4.39 Å². The number of rotatable bonds is 3. The molecule has 1 aliphatic carbocycles. The van der Waals surface area contributed by atoms with Gasteiger partial charge in [0.1, 0.15) is 11.6 Å². The van der Waals surface area contributed by atoms with Crippen LogP contribution in [0.5, 0.6) is 0 Å². The maximum Gasteiger partial charge on any atom is 0.141 e. The first-order valence-electron chi connectivity index (χ1n) is 6.63. The molecule has 1 nitrogen and oxygen atoms in total. The van der Waals surface area contributed by atoms with Crippen molar-refractivity contribution in [2.24, 2.45) is 5.92 Å². The van der Waals surface area contributed by atoms with Crippen LogP contribution in [0.1, 0.15) is 44.1 Å². The number of ketones is 1. The van der Waals surface area contributed by atoms with E-state index in [0.29, 0.717) is 6.42 Å². The van der Waals surface area contributed by atoms with Gasteiger partial charge in [0.15, 0.2) is 0 Å². The Bertz CT molecular complexity index is 423. The Labute approximate surface area is 112 Å². The Balaban J connectivity index is 1.99. The predicted molar refractivity (Wildman–Crippen MR) is 71.3 cm³/mol. The topological polar surface area (TPSA) is 17.1 Å². The molecule has 0 N–H and O–H groups in total. The average Bonchev–Trinajstić information content (AvgIpc) is 2.62. The van der Waals surface area contributed by atoms with E-state index in [-0.39, 0.29) is 16.7 Å². The first kappa shape index (κ1) is 13.5. The molecule has 1 saturated carbocycles. The molecule has 0 unspecified atom stereocenters. The van der Waals surface area contributed by atoms with Crippen LogP contribution in [0.3, 0.4) is 0 Å². The van der Waals surface area contributed by atoms with Crippen molar-refractivity contribution < 1.29 is 9.18 Å². The summed E-state index contributed by atoms with van der Waals surface area (Å²) in [5.41, 5.74) is 0.815. The molecule has 18 heavy (non-hydrogen) atoms. The quantitative estimate of drug-likeness (QED) is 0.735. The number of benzene rings is 1. The third-order valence-electron chi connectivity index (χ3n) is 3.67. The summed E-state index contributed by atoms with van der Waals surface area (Å²) in [5, 5.41) is 0.0983. The standard InChI is InChI=1S/C15H18ClFO/c16-13-9-11(7-8-14(13)17)10-15(18)12-5-3-1-2-4-6-12/h7-9,12H,1-6,10H2. The Morgan fingerprint density at radius 2 is 1.89 bits per heavy atom. The van der Waals surface area contributed by atoms with Gasteiger partial charge in [0.25, 0.3) is 0 Å². The van der Waals surface area contributed by atoms with E-state index in [2.05, 4.69) is 0 Å². The van der Waals surface area contributed by atoms with Crippen molar-refractivity contribution in [1.82, 2.24) is 0 Å². The predicted octanol–water partition coefficient (Wildman–Crippen LogP) is 4.56. The number of Topliss-reactive ketones (excluding diaryl/α,β-unsaturated/α-hetero) is 1. The highest BCUT2D eigenvalue weighted by molar-refractivity contribution is 6.30. The second-order valence-corrected chi connectivity index (χ2v) is 5.49. The normalized spacial score (nSPS) is 17.4. The molecule has 1 aromatic carbocycles. The largest absolute Gasteiger partial charge is 0.299 e. The Hall–Kier alpha value is -0.890. The van der Waals surface area contributed by atoms with Crippen molar-refractivity contribution in [3.05, 3.63) is 34.6 Å². The van der Waals surface area contributed by atoms with Crippen LogP contribution in [-0.4, -0.2) is 5.78 Å². The molecule has 0 heterocycles. The van der Waals surface area contributed by atoms with Gasteiger partial charge in [-0.15, -0.1) is 0 Å². The van der Waals surface area contributed by atoms with Crippen molar-refractivity contribution in [1.29, 1.82) is 0 Å². The first-order valence-corrected chi connectivity index (χ1v) is 7.01. The van der Waals surface area contributed by atoms with Crippen LogP contribution in [-0.2, 0) is 11.2 Å². The molecule has 98 valence electrons. The van der Waals surface area contributed by atoms with Gasteiger partial charge >= 0.3 is 0 Å². The van der Waals surface area contributed by atoms with Crippen molar-refractivity contribution in [3.63, 3.8) is 0 Å². The van der Waals surface area contributed by atoms with Gasteiger partial charge in [0.05, 0.1) is 5.02 Å². The highest BCUT2D eigenvalue weighted by atomic mass is 35.5. The van der Waals surface area contributed by atoms with Crippen LogP contribution < -0.4 is 0 Å². The highest BCUT2D eigenvalue weighted by Gasteiger charge is 2.20. The lowest BCUT2D eigenvalue weighted by molar-refractivity contribution is -0.122. The monoisotopic (exact) mass is 268 g/mol. The van der Waals surface area contributed by atoms with E-state index in [0.717, 1.165) is 31.2 Å². The second kappa shape index (κ2) is 6.33. The number of carbonyl (C=O) groups excluding carboxylic acids is 1. The SMILES string of the molecule is O=C(Cc1ccc(F)c(Cl)c1)C1CCCCCC1. The van der Waals surface area contributed by atoms with E-state index in [1.807, 2.05) is 0 Å². The van der Waals surface area contributed by atoms with Gasteiger partial charge < -0.3 is 0 Å². The number of carbonyl (C=O) groups is 1. The number of halogens is 2. The van der Waals surface area contributed by atoms with E-state index in [1.165, 1.54) is 18.9 Å². The van der Waals surface area contributed by atoms with Crippen LogP contribution in [0.2, 0.25) is 5.02 Å². The molecule has 0 saturated heterocycles. The number of hydrogen-bond donors (Lipinski definition) is 0. The minimum Gasteiger partial charge on any atom is -0.299 e. The molecule has 0 spiro atoms. The van der Waals surface area contributed by atoms with Gasteiger partial charge in [-0.3, -0.25) is 4.79 Å². The minimum atomic E-state index is -0.428. The third-order valence-corrected chi connectivity index (χ3v) is 3.96. The molecule has 3 heteroatoms. The van der Waals surface area contributed by atoms with Crippen LogP contribution >= 0.6 is 11.6 Å². The fourth-order valence-corrected chi connectivity index (χ4v) is 2.80. The van der Waals surface area contributed by atoms with E-state index in [4.69, 9.17) is 11.6 Å². The third kappa shape index (κ3) is 3.55. The maximum absolute atomic E-state index is 13.0. The maximum atomic E-state index is 13.0. The van der Waals surface area contributed by atoms with E-state index in [9.17, 15) is 9.18 Å². The summed E-state index contributed by atoms with van der Waals surface area (Å²) in [6, 6.07) is 4.54. The first-order chi connectivity index (χ1) is 8.66. The van der Waals surface area contributed by atoms with Gasteiger partial charge in [0.2, 0.25) is 0 Å². The summed E-state index contributed by atoms with van der Waals surface area (Å²) in [6.45, 7) is 0. The summed E-state index contributed by atoms with van der Waals surface area (Å²) in [6.07, 6.45) is 7.19. The highest BCUT2D eigenvalue weighted by Crippen LogP contribution is 2.25. The van der Waals surface area contributed by atoms with Crippen molar-refractivity contribution in [2.45, 2.75) is 44.9 Å². The van der Waals surface area contributed by atoms with Gasteiger partial charge in [-0.25, -0.2) is 4.39 Å². The zero-order valence-electron chi connectivity index (χ0n) is 10.4. The molecule has 0 bridgehead atoms. The van der Waals surface area contributed by atoms with Crippen LogP contribution in [0, 0.1) is 11.7 Å². The lowest BCUT2D eigenvalue weighted by Crippen LogP contribution is -2.16. The van der Waals surface area contributed by atoms with Crippen molar-refractivity contribution >= 4 is 17.4 Å². The summed E-state index contributed by atoms with van der Waals surface area (Å²) in [5.74, 6) is 0.0400. The molecule has 0 amide bonds. The summed E-state index contributed by atoms with van der Waals surface area (Å²) >= 11 is 5.72. The molecule has 0 radical (unpaired) electrons. The van der Waals surface area contributed by atoms with E-state index >= 15 is 0 Å². The Morgan fingerprint density at radius 3 is 2.50 bits per heavy atom. The van der Waals surface area contributed by atoms with Crippen molar-refractivity contribution in [2.75, 3.05) is 0 Å². The van der Waals surface area contributed by atoms with Gasteiger partial charge in [0, 0.05) is 12.3 Å². The minimum absolute atomic E-state index is 0.0983. The van der Waals surface area contributed by atoms with Crippen molar-refractivity contribution in [3.8, 4) is 0 Å². The molecule has 2 rings (SSSR count). The van der Waals surface area contributed by atoms with Gasteiger partial charge in [-0.05, 0) is 30.5 Å². The average molecular weight is 269 g/mol. The molecule has 1 aromatic rings. The molecule has 1 aliphatic rings. The molecule has 0 aliphatic heterocycles. The summed E-state index contributed by atoms with van der Waals surface area (Å²) in [7, 11) is 0. The summed E-state index contributed by atoms with van der Waals surface area (Å²) < 4.78 is 13.0. The molecule has 0 atom stereocenters. The Kier molecular flexibility index (Phi) is 4.76.